The summed E-state index contributed by atoms with van der Waals surface area (Å²) in [4.78, 5) is 29.9. The maximum atomic E-state index is 12.7. The highest BCUT2D eigenvalue weighted by Crippen LogP contribution is 2.40. The summed E-state index contributed by atoms with van der Waals surface area (Å²) in [5.41, 5.74) is 4.73. The fourth-order valence-electron chi connectivity index (χ4n) is 3.99. The highest BCUT2D eigenvalue weighted by Gasteiger charge is 2.25. The summed E-state index contributed by atoms with van der Waals surface area (Å²) >= 11 is 0. The summed E-state index contributed by atoms with van der Waals surface area (Å²) in [7, 11) is 4.01. The average Bonchev–Trinajstić information content (AvgIpc) is 3.41. The smallest absolute Gasteiger partial charge is 0.287 e. The fourth-order valence-corrected chi connectivity index (χ4v) is 3.99. The van der Waals surface area contributed by atoms with Gasteiger partial charge >= 0.3 is 0 Å². The molecule has 160 valence electrons. The first-order valence-electron chi connectivity index (χ1n) is 10.5. The minimum Gasteiger partial charge on any atom is -0.450 e. The molecule has 7 heteroatoms. The molecule has 3 aromatic rings. The second-order valence-corrected chi connectivity index (χ2v) is 8.08. The number of aromatic nitrogens is 1. The molecule has 1 atom stereocenters. The molecule has 0 saturated carbocycles. The molecule has 0 aliphatic heterocycles. The number of nitrogens with one attached hydrogen (secondary N) is 1. The van der Waals surface area contributed by atoms with Gasteiger partial charge in [0.2, 0.25) is 0 Å². The Morgan fingerprint density at radius 3 is 2.74 bits per heavy atom. The zero-order valence-electron chi connectivity index (χ0n) is 17.8. The van der Waals surface area contributed by atoms with Gasteiger partial charge in [-0.3, -0.25) is 9.78 Å². The molecule has 1 N–H and O–H groups in total. The Morgan fingerprint density at radius 2 is 2.00 bits per heavy atom. The molecule has 7 nitrogen and oxygen atoms in total. The van der Waals surface area contributed by atoms with E-state index < -0.39 is 0 Å². The molecule has 0 fully saturated rings. The first-order valence-corrected chi connectivity index (χ1v) is 10.5. The topological polar surface area (TPSA) is 87.8 Å². The SMILES string of the molecule is CN(C)CCCNC(=O)c1cc(-c2ccncc2)c(-c2ccc3c(c2)CCC3N=O)o1. The molecule has 1 aromatic carbocycles. The molecule has 4 rings (SSSR count). The molecule has 2 aromatic heterocycles. The highest BCUT2D eigenvalue weighted by molar-refractivity contribution is 5.95. The molecule has 0 radical (unpaired) electrons. The highest BCUT2D eigenvalue weighted by atomic mass is 16.4. The third-order valence-corrected chi connectivity index (χ3v) is 5.59. The van der Waals surface area contributed by atoms with Crippen molar-refractivity contribution in [3.05, 3.63) is 70.6 Å². The number of benzene rings is 1. The van der Waals surface area contributed by atoms with Crippen LogP contribution in [0, 0.1) is 4.91 Å². The van der Waals surface area contributed by atoms with Gasteiger partial charge in [-0.2, -0.15) is 4.91 Å². The van der Waals surface area contributed by atoms with Gasteiger partial charge in [0.05, 0.1) is 0 Å². The van der Waals surface area contributed by atoms with Crippen LogP contribution in [0.4, 0.5) is 0 Å². The van der Waals surface area contributed by atoms with Crippen molar-refractivity contribution in [3.63, 3.8) is 0 Å². The van der Waals surface area contributed by atoms with Gasteiger partial charge in [-0.1, -0.05) is 17.3 Å². The second-order valence-electron chi connectivity index (χ2n) is 8.08. The van der Waals surface area contributed by atoms with E-state index >= 15 is 0 Å². The molecule has 1 unspecified atom stereocenters. The number of rotatable bonds is 8. The zero-order valence-corrected chi connectivity index (χ0v) is 17.8. The first kappa shape index (κ1) is 20.9. The van der Waals surface area contributed by atoms with Gasteiger partial charge in [0.15, 0.2) is 5.76 Å². The van der Waals surface area contributed by atoms with Crippen LogP contribution in [0.15, 0.2) is 58.4 Å². The summed E-state index contributed by atoms with van der Waals surface area (Å²) in [6, 6.07) is 11.2. The van der Waals surface area contributed by atoms with E-state index in [1.807, 2.05) is 44.4 Å². The van der Waals surface area contributed by atoms with E-state index in [0.29, 0.717) is 12.3 Å². The standard InChI is InChI=1S/C24H26N4O3/c1-28(2)13-3-10-26-24(29)22-15-20(16-8-11-25-12-9-16)23(31-22)18-4-6-19-17(14-18)5-7-21(19)27-30/h4,6,8-9,11-12,14-15,21H,3,5,7,10,13H2,1-2H3,(H,26,29). The van der Waals surface area contributed by atoms with Crippen LogP contribution in [0.1, 0.15) is 40.6 Å². The lowest BCUT2D eigenvalue weighted by molar-refractivity contribution is 0.0925. The van der Waals surface area contributed by atoms with E-state index in [1.54, 1.807) is 18.5 Å². The second kappa shape index (κ2) is 9.22. The van der Waals surface area contributed by atoms with Crippen LogP contribution in [0.2, 0.25) is 0 Å². The van der Waals surface area contributed by atoms with Crippen LogP contribution in [0.3, 0.4) is 0 Å². The lowest BCUT2D eigenvalue weighted by Gasteiger charge is -2.09. The Bertz CT molecular complexity index is 1080. The quantitative estimate of drug-likeness (QED) is 0.431. The summed E-state index contributed by atoms with van der Waals surface area (Å²) in [5.74, 6) is 0.682. The van der Waals surface area contributed by atoms with Crippen LogP contribution >= 0.6 is 0 Å². The lowest BCUT2D eigenvalue weighted by atomic mass is 9.99. The van der Waals surface area contributed by atoms with E-state index in [1.165, 1.54) is 0 Å². The number of aryl methyl sites for hydroxylation is 1. The minimum atomic E-state index is -0.274. The molecule has 0 spiro atoms. The Hall–Kier alpha value is -3.32. The maximum absolute atomic E-state index is 12.7. The lowest BCUT2D eigenvalue weighted by Crippen LogP contribution is -2.26. The maximum Gasteiger partial charge on any atom is 0.287 e. The number of furan rings is 1. The largest absolute Gasteiger partial charge is 0.450 e. The van der Waals surface area contributed by atoms with Crippen LogP contribution in [-0.2, 0) is 6.42 Å². The molecule has 1 aliphatic carbocycles. The van der Waals surface area contributed by atoms with Gasteiger partial charge in [-0.05, 0) is 80.9 Å². The van der Waals surface area contributed by atoms with Crippen molar-refractivity contribution in [1.82, 2.24) is 15.2 Å². The van der Waals surface area contributed by atoms with Crippen LogP contribution in [-0.4, -0.2) is 43.0 Å². The van der Waals surface area contributed by atoms with Crippen LogP contribution in [0.5, 0.6) is 0 Å². The van der Waals surface area contributed by atoms with Crippen molar-refractivity contribution in [1.29, 1.82) is 0 Å². The van der Waals surface area contributed by atoms with E-state index in [4.69, 9.17) is 4.42 Å². The third-order valence-electron chi connectivity index (χ3n) is 5.59. The molecule has 0 bridgehead atoms. The van der Waals surface area contributed by atoms with E-state index in [-0.39, 0.29) is 17.7 Å². The van der Waals surface area contributed by atoms with Gasteiger partial charge in [0, 0.05) is 30.1 Å². The average molecular weight is 418 g/mol. The van der Waals surface area contributed by atoms with Crippen molar-refractivity contribution in [2.45, 2.75) is 25.3 Å². The summed E-state index contributed by atoms with van der Waals surface area (Å²) in [6.45, 7) is 1.48. The molecular formula is C24H26N4O3. The number of carbonyl (C=O) groups excluding carboxylic acids is 1. The molecule has 1 aliphatic rings. The Kier molecular flexibility index (Phi) is 6.23. The van der Waals surface area contributed by atoms with Crippen molar-refractivity contribution >= 4 is 5.91 Å². The van der Waals surface area contributed by atoms with E-state index in [0.717, 1.165) is 53.6 Å². The number of fused-ring (bicyclic) bond motifs is 1. The fraction of sp³-hybridized carbons (Fsp3) is 0.333. The number of nitrogens with zero attached hydrogens (tertiary/aromatic N) is 3. The number of hydrogen-bond acceptors (Lipinski definition) is 6. The van der Waals surface area contributed by atoms with Gasteiger partial charge in [0.1, 0.15) is 11.8 Å². The Morgan fingerprint density at radius 1 is 1.19 bits per heavy atom. The number of hydrogen-bond donors (Lipinski definition) is 1. The third kappa shape index (κ3) is 4.56. The molecule has 2 heterocycles. The molecule has 1 amide bonds. The number of amides is 1. The van der Waals surface area contributed by atoms with Crippen molar-refractivity contribution in [2.75, 3.05) is 27.2 Å². The number of carbonyl (C=O) groups is 1. The summed E-state index contributed by atoms with van der Waals surface area (Å²) in [6.07, 6.45) is 5.84. The monoisotopic (exact) mass is 418 g/mol. The summed E-state index contributed by atoms with van der Waals surface area (Å²) in [5, 5.41) is 6.17. The normalized spacial score (nSPS) is 15.1. The Balaban J connectivity index is 1.65. The minimum absolute atomic E-state index is 0.230. The van der Waals surface area contributed by atoms with Gasteiger partial charge in [0.25, 0.3) is 5.91 Å². The number of nitroso groups, excluding NO2 is 1. The van der Waals surface area contributed by atoms with E-state index in [2.05, 4.69) is 20.4 Å². The van der Waals surface area contributed by atoms with Crippen molar-refractivity contribution in [2.24, 2.45) is 5.18 Å². The Labute approximate surface area is 181 Å². The molecule has 31 heavy (non-hydrogen) atoms. The van der Waals surface area contributed by atoms with Crippen LogP contribution in [0.25, 0.3) is 22.5 Å². The first-order chi connectivity index (χ1) is 15.1. The van der Waals surface area contributed by atoms with Crippen molar-refractivity contribution < 1.29 is 9.21 Å². The zero-order chi connectivity index (χ0) is 21.8. The van der Waals surface area contributed by atoms with Crippen LogP contribution < -0.4 is 5.32 Å². The predicted octanol–water partition coefficient (Wildman–Crippen LogP) is 4.44. The van der Waals surface area contributed by atoms with Gasteiger partial charge < -0.3 is 14.6 Å². The van der Waals surface area contributed by atoms with Gasteiger partial charge in [-0.15, -0.1) is 0 Å². The van der Waals surface area contributed by atoms with E-state index in [9.17, 15) is 9.70 Å². The molecular weight excluding hydrogens is 392 g/mol. The predicted molar refractivity (Wildman–Crippen MR) is 120 cm³/mol. The number of pyridine rings is 1. The summed E-state index contributed by atoms with van der Waals surface area (Å²) < 4.78 is 6.08. The van der Waals surface area contributed by atoms with Crippen molar-refractivity contribution in [3.8, 4) is 22.5 Å². The molecule has 0 saturated heterocycles. The van der Waals surface area contributed by atoms with Gasteiger partial charge in [-0.25, -0.2) is 0 Å².